The highest BCUT2D eigenvalue weighted by Gasteiger charge is 2.10. The molecule has 0 unspecified atom stereocenters. The molecule has 0 atom stereocenters. The summed E-state index contributed by atoms with van der Waals surface area (Å²) in [5.41, 5.74) is 1.22. The number of rotatable bonds is 5. The van der Waals surface area contributed by atoms with E-state index in [1.807, 2.05) is 37.7 Å². The fourth-order valence-corrected chi connectivity index (χ4v) is 2.57. The van der Waals surface area contributed by atoms with Crippen LogP contribution in [-0.2, 0) is 20.1 Å². The van der Waals surface area contributed by atoms with E-state index in [-0.39, 0.29) is 0 Å². The molecule has 0 fully saturated rings. The van der Waals surface area contributed by atoms with Gasteiger partial charge in [0.05, 0.1) is 0 Å². The molecule has 0 spiro atoms. The van der Waals surface area contributed by atoms with Crippen LogP contribution in [0.4, 0.5) is 0 Å². The lowest BCUT2D eigenvalue weighted by Gasteiger charge is -2.22. The molecule has 7 heteroatoms. The van der Waals surface area contributed by atoms with E-state index in [9.17, 15) is 0 Å². The van der Waals surface area contributed by atoms with Crippen LogP contribution in [0, 0.1) is 6.92 Å². The van der Waals surface area contributed by atoms with Crippen LogP contribution in [0.1, 0.15) is 24.1 Å². The third-order valence-electron chi connectivity index (χ3n) is 3.61. The summed E-state index contributed by atoms with van der Waals surface area (Å²) in [6.45, 7) is 6.08. The van der Waals surface area contributed by atoms with Crippen molar-refractivity contribution in [1.29, 1.82) is 0 Å². The van der Waals surface area contributed by atoms with E-state index in [1.54, 1.807) is 0 Å². The maximum atomic E-state index is 4.68. The lowest BCUT2D eigenvalue weighted by molar-refractivity contribution is 0.475. The third-order valence-corrected chi connectivity index (χ3v) is 4.39. The Kier molecular flexibility index (Phi) is 6.15. The number of aryl methyl sites for hydroxylation is 1. The summed E-state index contributed by atoms with van der Waals surface area (Å²) < 4.78 is 3.06. The maximum Gasteiger partial charge on any atom is 0.194 e. The molecule has 0 radical (unpaired) electrons. The molecule has 23 heavy (non-hydrogen) atoms. The summed E-state index contributed by atoms with van der Waals surface area (Å²) in [6, 6.07) is 8.22. The number of hydrogen-bond donors (Lipinski definition) is 1. The maximum absolute atomic E-state index is 4.68. The van der Waals surface area contributed by atoms with E-state index in [1.165, 1.54) is 5.56 Å². The van der Waals surface area contributed by atoms with Gasteiger partial charge >= 0.3 is 0 Å². The number of halogens is 1. The predicted octanol–water partition coefficient (Wildman–Crippen LogP) is 2.48. The monoisotopic (exact) mass is 378 g/mol. The average molecular weight is 379 g/mol. The van der Waals surface area contributed by atoms with E-state index in [4.69, 9.17) is 0 Å². The molecular weight excluding hydrogens is 356 g/mol. The van der Waals surface area contributed by atoms with Crippen molar-refractivity contribution >= 4 is 21.9 Å². The Bertz CT molecular complexity index is 679. The summed E-state index contributed by atoms with van der Waals surface area (Å²) in [7, 11) is 3.99. The quantitative estimate of drug-likeness (QED) is 0.641. The molecule has 1 aromatic carbocycles. The molecule has 6 nitrogen and oxygen atoms in total. The van der Waals surface area contributed by atoms with Gasteiger partial charge in [0.1, 0.15) is 12.4 Å². The number of nitrogens with zero attached hydrogens (tertiary/aromatic N) is 5. The van der Waals surface area contributed by atoms with Crippen LogP contribution in [0.2, 0.25) is 0 Å². The molecule has 1 N–H and O–H groups in total. The van der Waals surface area contributed by atoms with Gasteiger partial charge in [-0.25, -0.2) is 4.99 Å². The van der Waals surface area contributed by atoms with Crippen LogP contribution in [0.25, 0.3) is 0 Å². The van der Waals surface area contributed by atoms with Gasteiger partial charge < -0.3 is 14.8 Å². The third kappa shape index (κ3) is 4.54. The first-order valence-corrected chi connectivity index (χ1v) is 8.40. The second-order valence-electron chi connectivity index (χ2n) is 5.34. The van der Waals surface area contributed by atoms with E-state index in [0.717, 1.165) is 35.2 Å². The molecule has 0 saturated heterocycles. The van der Waals surface area contributed by atoms with Gasteiger partial charge in [0.25, 0.3) is 0 Å². The van der Waals surface area contributed by atoms with Crippen molar-refractivity contribution in [2.24, 2.45) is 12.0 Å². The Balaban J connectivity index is 2.11. The molecule has 0 aliphatic rings. The molecule has 0 amide bonds. The van der Waals surface area contributed by atoms with Gasteiger partial charge in [0.2, 0.25) is 0 Å². The second-order valence-corrected chi connectivity index (χ2v) is 6.19. The van der Waals surface area contributed by atoms with Gasteiger partial charge in [-0.15, -0.1) is 10.2 Å². The number of aliphatic imine (C=N–C) groups is 1. The summed E-state index contributed by atoms with van der Waals surface area (Å²) >= 11 is 3.59. The van der Waals surface area contributed by atoms with Crippen LogP contribution >= 0.6 is 15.9 Å². The van der Waals surface area contributed by atoms with E-state index < -0.39 is 0 Å². The van der Waals surface area contributed by atoms with Crippen LogP contribution in [0.5, 0.6) is 0 Å². The Hall–Kier alpha value is -1.89. The second kappa shape index (κ2) is 8.10. The van der Waals surface area contributed by atoms with E-state index in [2.05, 4.69) is 60.4 Å². The molecule has 2 aromatic rings. The highest BCUT2D eigenvalue weighted by atomic mass is 79.9. The average Bonchev–Trinajstić information content (AvgIpc) is 2.85. The first-order valence-electron chi connectivity index (χ1n) is 7.60. The lowest BCUT2D eigenvalue weighted by Crippen LogP contribution is -2.38. The normalized spacial score (nSPS) is 11.6. The SMILES string of the molecule is CCNC(=NCc1nnc(C)n1C)N(C)Cc1ccccc1Br. The van der Waals surface area contributed by atoms with Crippen LogP contribution in [-0.4, -0.2) is 39.2 Å². The smallest absolute Gasteiger partial charge is 0.194 e. The standard InChI is InChI=1S/C16H23BrN6/c1-5-18-16(19-10-15-21-20-12(2)23(15)4)22(3)11-13-8-6-7-9-14(13)17/h6-9H,5,10-11H2,1-4H3,(H,18,19). The number of benzene rings is 1. The highest BCUT2D eigenvalue weighted by Crippen LogP contribution is 2.17. The van der Waals surface area contributed by atoms with Crippen molar-refractivity contribution in [3.63, 3.8) is 0 Å². The fourth-order valence-electron chi connectivity index (χ4n) is 2.16. The van der Waals surface area contributed by atoms with E-state index >= 15 is 0 Å². The van der Waals surface area contributed by atoms with Gasteiger partial charge in [-0.1, -0.05) is 34.1 Å². The highest BCUT2D eigenvalue weighted by molar-refractivity contribution is 9.10. The number of nitrogens with one attached hydrogen (secondary N) is 1. The zero-order valence-corrected chi connectivity index (χ0v) is 15.6. The Morgan fingerprint density at radius 3 is 2.70 bits per heavy atom. The first-order chi connectivity index (χ1) is 11.0. The number of hydrogen-bond acceptors (Lipinski definition) is 3. The molecule has 1 heterocycles. The number of aromatic nitrogens is 3. The van der Waals surface area contributed by atoms with Crippen molar-refractivity contribution in [2.75, 3.05) is 13.6 Å². The summed E-state index contributed by atoms with van der Waals surface area (Å²) in [5.74, 6) is 2.60. The van der Waals surface area contributed by atoms with Crippen molar-refractivity contribution in [2.45, 2.75) is 26.9 Å². The van der Waals surface area contributed by atoms with Crippen LogP contribution < -0.4 is 5.32 Å². The molecule has 2 rings (SSSR count). The Morgan fingerprint density at radius 1 is 1.35 bits per heavy atom. The number of guanidine groups is 1. The van der Waals surface area contributed by atoms with Gasteiger partial charge in [0, 0.05) is 31.7 Å². The largest absolute Gasteiger partial charge is 0.357 e. The zero-order chi connectivity index (χ0) is 16.8. The van der Waals surface area contributed by atoms with Gasteiger partial charge in [-0.3, -0.25) is 0 Å². The minimum Gasteiger partial charge on any atom is -0.357 e. The predicted molar refractivity (Wildman–Crippen MR) is 96.2 cm³/mol. The van der Waals surface area contributed by atoms with E-state index in [0.29, 0.717) is 6.54 Å². The molecular formula is C16H23BrN6. The Morgan fingerprint density at radius 2 is 2.09 bits per heavy atom. The lowest BCUT2D eigenvalue weighted by atomic mass is 10.2. The minimum atomic E-state index is 0.500. The van der Waals surface area contributed by atoms with Gasteiger partial charge in [-0.05, 0) is 25.5 Å². The fraction of sp³-hybridized carbons (Fsp3) is 0.438. The molecule has 0 aliphatic carbocycles. The van der Waals surface area contributed by atoms with Crippen LogP contribution in [0.15, 0.2) is 33.7 Å². The summed E-state index contributed by atoms with van der Waals surface area (Å²) in [5, 5.41) is 11.5. The topological polar surface area (TPSA) is 58.3 Å². The molecule has 1 aromatic heterocycles. The molecule has 0 aliphatic heterocycles. The minimum absolute atomic E-state index is 0.500. The van der Waals surface area contributed by atoms with Gasteiger partial charge in [0.15, 0.2) is 11.8 Å². The molecule has 124 valence electrons. The molecule has 0 bridgehead atoms. The summed E-state index contributed by atoms with van der Waals surface area (Å²) in [6.07, 6.45) is 0. The zero-order valence-electron chi connectivity index (χ0n) is 14.0. The molecule has 0 saturated carbocycles. The van der Waals surface area contributed by atoms with Crippen molar-refractivity contribution in [3.8, 4) is 0 Å². The van der Waals surface area contributed by atoms with Crippen molar-refractivity contribution in [1.82, 2.24) is 25.0 Å². The van der Waals surface area contributed by atoms with Crippen molar-refractivity contribution < 1.29 is 0 Å². The summed E-state index contributed by atoms with van der Waals surface area (Å²) in [4.78, 5) is 6.78. The first kappa shape index (κ1) is 17.5. The van der Waals surface area contributed by atoms with Crippen LogP contribution in [0.3, 0.4) is 0 Å². The van der Waals surface area contributed by atoms with Gasteiger partial charge in [-0.2, -0.15) is 0 Å². The Labute approximate surface area is 145 Å². The van der Waals surface area contributed by atoms with Crippen molar-refractivity contribution in [3.05, 3.63) is 46.0 Å².